The third-order valence-electron chi connectivity index (χ3n) is 3.64. The van der Waals surface area contributed by atoms with Crippen LogP contribution in [0, 0.1) is 6.92 Å². The fraction of sp³-hybridized carbons (Fsp3) is 0.600. The van der Waals surface area contributed by atoms with E-state index in [0.29, 0.717) is 0 Å². The predicted octanol–water partition coefficient (Wildman–Crippen LogP) is 1.49. The predicted molar refractivity (Wildman–Crippen MR) is 74.6 cm³/mol. The topological polar surface area (TPSA) is 26.7 Å². The van der Waals surface area contributed by atoms with Crippen LogP contribution >= 0.6 is 0 Å². The molecule has 1 aliphatic heterocycles. The highest BCUT2D eigenvalue weighted by molar-refractivity contribution is 5.25. The number of hydrogen-bond donors (Lipinski definition) is 1. The molecule has 1 aliphatic rings. The highest BCUT2D eigenvalue weighted by Gasteiger charge is 2.18. The molecule has 3 heteroatoms. The maximum absolute atomic E-state index is 9.39. The van der Waals surface area contributed by atoms with Crippen LogP contribution in [0.1, 0.15) is 18.1 Å². The molecule has 0 spiro atoms. The molecule has 1 saturated heterocycles. The number of aliphatic hydroxyl groups excluding tert-OH is 1. The van der Waals surface area contributed by atoms with Crippen LogP contribution in [0.15, 0.2) is 24.3 Å². The van der Waals surface area contributed by atoms with Crippen molar-refractivity contribution in [3.05, 3.63) is 35.4 Å². The van der Waals surface area contributed by atoms with E-state index in [0.717, 1.165) is 39.3 Å². The molecular weight excluding hydrogens is 224 g/mol. The molecule has 1 aromatic carbocycles. The van der Waals surface area contributed by atoms with Crippen molar-refractivity contribution in [3.63, 3.8) is 0 Å². The normalized spacial score (nSPS) is 19.9. The average molecular weight is 248 g/mol. The summed E-state index contributed by atoms with van der Waals surface area (Å²) in [5.74, 6) is 0. The third-order valence-corrected chi connectivity index (χ3v) is 3.64. The Bertz CT molecular complexity index is 371. The standard InChI is InChI=1S/C15H24N2O/c1-13-5-3-4-6-15(13)12-17-9-7-16(8-10-17)11-14(2)18/h3-6,14,18H,7-12H2,1-2H3. The van der Waals surface area contributed by atoms with E-state index in [1.165, 1.54) is 11.1 Å². The van der Waals surface area contributed by atoms with Gasteiger partial charge < -0.3 is 5.11 Å². The molecule has 0 amide bonds. The summed E-state index contributed by atoms with van der Waals surface area (Å²) in [6.45, 7) is 10.2. The second-order valence-electron chi connectivity index (χ2n) is 5.35. The molecule has 0 aromatic heterocycles. The van der Waals surface area contributed by atoms with Crippen molar-refractivity contribution in [1.82, 2.24) is 9.80 Å². The third kappa shape index (κ3) is 3.80. The molecule has 0 bridgehead atoms. The number of hydrogen-bond acceptors (Lipinski definition) is 3. The average Bonchev–Trinajstić information content (AvgIpc) is 2.34. The first-order chi connectivity index (χ1) is 8.65. The summed E-state index contributed by atoms with van der Waals surface area (Å²) in [4.78, 5) is 4.85. The molecule has 1 fully saturated rings. The van der Waals surface area contributed by atoms with Crippen LogP contribution in [0.4, 0.5) is 0 Å². The van der Waals surface area contributed by atoms with Gasteiger partial charge in [-0.1, -0.05) is 24.3 Å². The molecule has 1 N–H and O–H groups in total. The van der Waals surface area contributed by atoms with Crippen molar-refractivity contribution in [3.8, 4) is 0 Å². The van der Waals surface area contributed by atoms with E-state index in [4.69, 9.17) is 0 Å². The van der Waals surface area contributed by atoms with Crippen LogP contribution in [-0.4, -0.2) is 53.7 Å². The molecule has 100 valence electrons. The fourth-order valence-corrected chi connectivity index (χ4v) is 2.53. The van der Waals surface area contributed by atoms with E-state index in [1.54, 1.807) is 0 Å². The van der Waals surface area contributed by atoms with E-state index in [2.05, 4.69) is 41.0 Å². The van der Waals surface area contributed by atoms with Crippen LogP contribution < -0.4 is 0 Å². The van der Waals surface area contributed by atoms with Crippen LogP contribution in [0.5, 0.6) is 0 Å². The molecule has 0 saturated carbocycles. The summed E-state index contributed by atoms with van der Waals surface area (Å²) in [5, 5.41) is 9.39. The molecule has 0 aliphatic carbocycles. The summed E-state index contributed by atoms with van der Waals surface area (Å²) in [5.41, 5.74) is 2.81. The molecule has 1 atom stereocenters. The van der Waals surface area contributed by atoms with E-state index >= 15 is 0 Å². The van der Waals surface area contributed by atoms with Crippen molar-refractivity contribution >= 4 is 0 Å². The molecular formula is C15H24N2O. The first-order valence-corrected chi connectivity index (χ1v) is 6.82. The van der Waals surface area contributed by atoms with Gasteiger partial charge in [0.1, 0.15) is 0 Å². The Kier molecular flexibility index (Phi) is 4.75. The van der Waals surface area contributed by atoms with Gasteiger partial charge >= 0.3 is 0 Å². The molecule has 0 radical (unpaired) electrons. The highest BCUT2D eigenvalue weighted by Crippen LogP contribution is 2.12. The van der Waals surface area contributed by atoms with Crippen molar-refractivity contribution in [2.24, 2.45) is 0 Å². The van der Waals surface area contributed by atoms with E-state index < -0.39 is 0 Å². The number of nitrogens with zero attached hydrogens (tertiary/aromatic N) is 2. The zero-order valence-electron chi connectivity index (χ0n) is 11.5. The Morgan fingerprint density at radius 1 is 1.11 bits per heavy atom. The van der Waals surface area contributed by atoms with Crippen molar-refractivity contribution < 1.29 is 5.11 Å². The number of aliphatic hydroxyl groups is 1. The number of piperazine rings is 1. The Morgan fingerprint density at radius 2 is 1.72 bits per heavy atom. The second kappa shape index (κ2) is 6.32. The highest BCUT2D eigenvalue weighted by atomic mass is 16.3. The van der Waals surface area contributed by atoms with E-state index in [1.807, 2.05) is 6.92 Å². The number of β-amino-alcohol motifs (C(OH)–C–C–N with tert-alkyl or cyclic N) is 1. The minimum absolute atomic E-state index is 0.215. The lowest BCUT2D eigenvalue weighted by molar-refractivity contribution is 0.0780. The van der Waals surface area contributed by atoms with Gasteiger partial charge in [-0.3, -0.25) is 9.80 Å². The lowest BCUT2D eigenvalue weighted by Gasteiger charge is -2.35. The lowest BCUT2D eigenvalue weighted by atomic mass is 10.1. The number of rotatable bonds is 4. The van der Waals surface area contributed by atoms with Crippen LogP contribution in [0.2, 0.25) is 0 Å². The van der Waals surface area contributed by atoms with Gasteiger partial charge in [0.25, 0.3) is 0 Å². The summed E-state index contributed by atoms with van der Waals surface area (Å²) in [6.07, 6.45) is -0.215. The minimum atomic E-state index is -0.215. The smallest absolute Gasteiger partial charge is 0.0639 e. The molecule has 3 nitrogen and oxygen atoms in total. The first kappa shape index (κ1) is 13.5. The second-order valence-corrected chi connectivity index (χ2v) is 5.35. The molecule has 1 aromatic rings. The minimum Gasteiger partial charge on any atom is -0.392 e. The van der Waals surface area contributed by atoms with Gasteiger partial charge in [0.15, 0.2) is 0 Å². The first-order valence-electron chi connectivity index (χ1n) is 6.82. The Hall–Kier alpha value is -0.900. The zero-order valence-corrected chi connectivity index (χ0v) is 11.5. The van der Waals surface area contributed by atoms with Crippen LogP contribution in [0.3, 0.4) is 0 Å². The zero-order chi connectivity index (χ0) is 13.0. The quantitative estimate of drug-likeness (QED) is 0.874. The van der Waals surface area contributed by atoms with E-state index in [-0.39, 0.29) is 6.10 Å². The lowest BCUT2D eigenvalue weighted by Crippen LogP contribution is -2.47. The fourth-order valence-electron chi connectivity index (χ4n) is 2.53. The number of benzene rings is 1. The van der Waals surface area contributed by atoms with Gasteiger partial charge in [0.2, 0.25) is 0 Å². The van der Waals surface area contributed by atoms with Crippen molar-refractivity contribution in [1.29, 1.82) is 0 Å². The maximum atomic E-state index is 9.39. The van der Waals surface area contributed by atoms with Gasteiger partial charge in [0.05, 0.1) is 6.10 Å². The Morgan fingerprint density at radius 3 is 2.33 bits per heavy atom. The van der Waals surface area contributed by atoms with Gasteiger partial charge in [0, 0.05) is 39.3 Å². The van der Waals surface area contributed by atoms with Gasteiger partial charge in [-0.05, 0) is 25.0 Å². The van der Waals surface area contributed by atoms with E-state index in [9.17, 15) is 5.11 Å². The summed E-state index contributed by atoms with van der Waals surface area (Å²) >= 11 is 0. The summed E-state index contributed by atoms with van der Waals surface area (Å²) in [6, 6.07) is 8.61. The Balaban J connectivity index is 1.82. The van der Waals surface area contributed by atoms with Crippen LogP contribution in [-0.2, 0) is 6.54 Å². The summed E-state index contributed by atoms with van der Waals surface area (Å²) in [7, 11) is 0. The molecule has 1 unspecified atom stereocenters. The van der Waals surface area contributed by atoms with Crippen molar-refractivity contribution in [2.45, 2.75) is 26.5 Å². The SMILES string of the molecule is Cc1ccccc1CN1CCN(CC(C)O)CC1. The summed E-state index contributed by atoms with van der Waals surface area (Å²) < 4.78 is 0. The van der Waals surface area contributed by atoms with Crippen LogP contribution in [0.25, 0.3) is 0 Å². The Labute approximate surface area is 110 Å². The van der Waals surface area contributed by atoms with Gasteiger partial charge in [-0.15, -0.1) is 0 Å². The maximum Gasteiger partial charge on any atom is 0.0639 e. The monoisotopic (exact) mass is 248 g/mol. The van der Waals surface area contributed by atoms with Crippen molar-refractivity contribution in [2.75, 3.05) is 32.7 Å². The van der Waals surface area contributed by atoms with Gasteiger partial charge in [-0.25, -0.2) is 0 Å². The molecule has 2 rings (SSSR count). The van der Waals surface area contributed by atoms with Gasteiger partial charge in [-0.2, -0.15) is 0 Å². The molecule has 18 heavy (non-hydrogen) atoms. The molecule has 1 heterocycles. The number of aryl methyl sites for hydroxylation is 1. The largest absolute Gasteiger partial charge is 0.392 e.